The highest BCUT2D eigenvalue weighted by atomic mass is 16.5. The van der Waals surface area contributed by atoms with Gasteiger partial charge in [0.15, 0.2) is 0 Å². The van der Waals surface area contributed by atoms with E-state index in [1.807, 2.05) is 20.9 Å². The fourth-order valence-electron chi connectivity index (χ4n) is 3.20. The van der Waals surface area contributed by atoms with Gasteiger partial charge >= 0.3 is 5.97 Å². The molecule has 0 saturated carbocycles. The molecule has 3 atom stereocenters. The number of nitrogens with zero attached hydrogens (tertiary/aromatic N) is 1. The van der Waals surface area contributed by atoms with Crippen LogP contribution in [0.4, 0.5) is 0 Å². The van der Waals surface area contributed by atoms with Crippen molar-refractivity contribution >= 4 is 5.97 Å². The Kier molecular flexibility index (Phi) is 7.67. The Morgan fingerprint density at radius 2 is 2.10 bits per heavy atom. The Balaban J connectivity index is 2.30. The van der Waals surface area contributed by atoms with E-state index >= 15 is 0 Å². The van der Waals surface area contributed by atoms with Crippen molar-refractivity contribution in [3.05, 3.63) is 0 Å². The second-order valence-electron chi connectivity index (χ2n) is 6.77. The lowest BCUT2D eigenvalue weighted by atomic mass is 9.92. The molecule has 1 fully saturated rings. The Hall–Kier alpha value is -0.610. The molecule has 0 amide bonds. The summed E-state index contributed by atoms with van der Waals surface area (Å²) in [4.78, 5) is 14.6. The van der Waals surface area contributed by atoms with E-state index in [2.05, 4.69) is 24.1 Å². The van der Waals surface area contributed by atoms with Gasteiger partial charge in [0.25, 0.3) is 0 Å². The number of ether oxygens (including phenoxy) is 1. The van der Waals surface area contributed by atoms with E-state index < -0.39 is 5.54 Å². The van der Waals surface area contributed by atoms with Crippen molar-refractivity contribution in [2.45, 2.75) is 71.4 Å². The molecule has 1 N–H and O–H groups in total. The van der Waals surface area contributed by atoms with Gasteiger partial charge in [-0.1, -0.05) is 6.92 Å². The van der Waals surface area contributed by atoms with E-state index in [1.54, 1.807) is 0 Å². The van der Waals surface area contributed by atoms with Gasteiger partial charge in [0.1, 0.15) is 5.54 Å². The van der Waals surface area contributed by atoms with E-state index in [0.717, 1.165) is 31.7 Å². The lowest BCUT2D eigenvalue weighted by molar-refractivity contribution is -0.150. The Morgan fingerprint density at radius 1 is 1.38 bits per heavy atom. The molecule has 124 valence electrons. The lowest BCUT2D eigenvalue weighted by Gasteiger charge is -2.36. The van der Waals surface area contributed by atoms with Crippen LogP contribution in [0.5, 0.6) is 0 Å². The van der Waals surface area contributed by atoms with E-state index in [-0.39, 0.29) is 5.97 Å². The molecular formula is C17H34N2O2. The van der Waals surface area contributed by atoms with Gasteiger partial charge < -0.3 is 15.0 Å². The third-order valence-electron chi connectivity index (χ3n) is 4.93. The number of likely N-dealkylation sites (tertiary alicyclic amines) is 1. The van der Waals surface area contributed by atoms with Gasteiger partial charge in [-0.25, -0.2) is 0 Å². The molecule has 4 heteroatoms. The third-order valence-corrected chi connectivity index (χ3v) is 4.93. The second-order valence-corrected chi connectivity index (χ2v) is 6.77. The molecule has 0 radical (unpaired) electrons. The van der Waals surface area contributed by atoms with Crippen molar-refractivity contribution in [3.8, 4) is 0 Å². The highest BCUT2D eigenvalue weighted by Gasteiger charge is 2.32. The maximum atomic E-state index is 12.0. The van der Waals surface area contributed by atoms with Gasteiger partial charge in [0.2, 0.25) is 0 Å². The number of carbonyl (C=O) groups is 1. The molecule has 1 aliphatic heterocycles. The summed E-state index contributed by atoms with van der Waals surface area (Å²) in [6.07, 6.45) is 5.67. The van der Waals surface area contributed by atoms with Crippen molar-refractivity contribution in [1.29, 1.82) is 0 Å². The van der Waals surface area contributed by atoms with E-state index in [1.165, 1.54) is 19.4 Å². The van der Waals surface area contributed by atoms with Crippen molar-refractivity contribution in [3.63, 3.8) is 0 Å². The SMILES string of the molecule is CCOC(=O)C(C)(CCCCN1CCC(C)CC1C)NC. The van der Waals surface area contributed by atoms with E-state index in [0.29, 0.717) is 12.6 Å². The quantitative estimate of drug-likeness (QED) is 0.553. The monoisotopic (exact) mass is 298 g/mol. The molecule has 1 heterocycles. The minimum atomic E-state index is -0.544. The van der Waals surface area contributed by atoms with Crippen molar-refractivity contribution in [2.75, 3.05) is 26.7 Å². The molecule has 1 aliphatic rings. The van der Waals surface area contributed by atoms with Gasteiger partial charge in [-0.2, -0.15) is 0 Å². The third kappa shape index (κ3) is 5.59. The number of piperidine rings is 1. The standard InChI is InChI=1S/C17H34N2O2/c1-6-21-16(20)17(4,18-5)10-7-8-11-19-12-9-14(2)13-15(19)3/h14-15,18H,6-13H2,1-5H3. The summed E-state index contributed by atoms with van der Waals surface area (Å²) < 4.78 is 5.16. The van der Waals surface area contributed by atoms with Crippen LogP contribution in [-0.4, -0.2) is 49.2 Å². The largest absolute Gasteiger partial charge is 0.465 e. The maximum absolute atomic E-state index is 12.0. The van der Waals surface area contributed by atoms with Gasteiger partial charge in [-0.15, -0.1) is 0 Å². The molecule has 21 heavy (non-hydrogen) atoms. The Labute approximate surface area is 130 Å². The number of carbonyl (C=O) groups excluding carboxylic acids is 1. The number of esters is 1. The van der Waals surface area contributed by atoms with Crippen LogP contribution in [0.25, 0.3) is 0 Å². The summed E-state index contributed by atoms with van der Waals surface area (Å²) in [5, 5.41) is 3.13. The average Bonchev–Trinajstić information content (AvgIpc) is 2.45. The zero-order chi connectivity index (χ0) is 15.9. The van der Waals surface area contributed by atoms with Crippen LogP contribution in [-0.2, 0) is 9.53 Å². The summed E-state index contributed by atoms with van der Waals surface area (Å²) in [6.45, 7) is 11.3. The minimum Gasteiger partial charge on any atom is -0.465 e. The smallest absolute Gasteiger partial charge is 0.326 e. The first-order chi connectivity index (χ1) is 9.92. The molecule has 0 aromatic rings. The fourth-order valence-corrected chi connectivity index (χ4v) is 3.20. The number of hydrogen-bond acceptors (Lipinski definition) is 4. The minimum absolute atomic E-state index is 0.132. The lowest BCUT2D eigenvalue weighted by Crippen LogP contribution is -2.48. The predicted octanol–water partition coefficient (Wildman–Crippen LogP) is 2.82. The summed E-state index contributed by atoms with van der Waals surface area (Å²) >= 11 is 0. The van der Waals surface area contributed by atoms with Crippen LogP contribution >= 0.6 is 0 Å². The zero-order valence-electron chi connectivity index (χ0n) is 14.6. The van der Waals surface area contributed by atoms with Gasteiger partial charge in [-0.05, 0) is 78.9 Å². The highest BCUT2D eigenvalue weighted by Crippen LogP contribution is 2.23. The van der Waals surface area contributed by atoms with Gasteiger partial charge in [-0.3, -0.25) is 4.79 Å². The fraction of sp³-hybridized carbons (Fsp3) is 0.941. The summed E-state index contributed by atoms with van der Waals surface area (Å²) in [7, 11) is 1.84. The Bertz CT molecular complexity index is 322. The first-order valence-corrected chi connectivity index (χ1v) is 8.53. The molecular weight excluding hydrogens is 264 g/mol. The first-order valence-electron chi connectivity index (χ1n) is 8.53. The summed E-state index contributed by atoms with van der Waals surface area (Å²) in [6, 6.07) is 0.703. The number of rotatable bonds is 8. The van der Waals surface area contributed by atoms with Crippen molar-refractivity contribution in [2.24, 2.45) is 5.92 Å². The molecule has 0 aromatic heterocycles. The van der Waals surface area contributed by atoms with Crippen LogP contribution in [0.15, 0.2) is 0 Å². The number of unbranched alkanes of at least 4 members (excludes halogenated alkanes) is 1. The summed E-state index contributed by atoms with van der Waals surface area (Å²) in [5.41, 5.74) is -0.544. The van der Waals surface area contributed by atoms with Crippen LogP contribution in [0.1, 0.15) is 59.8 Å². The molecule has 1 saturated heterocycles. The number of likely N-dealkylation sites (N-methyl/N-ethyl adjacent to an activating group) is 1. The second kappa shape index (κ2) is 8.74. The molecule has 4 nitrogen and oxygen atoms in total. The molecule has 3 unspecified atom stereocenters. The number of hydrogen-bond donors (Lipinski definition) is 1. The van der Waals surface area contributed by atoms with E-state index in [4.69, 9.17) is 4.74 Å². The van der Waals surface area contributed by atoms with E-state index in [9.17, 15) is 4.79 Å². The zero-order valence-corrected chi connectivity index (χ0v) is 14.6. The first kappa shape index (κ1) is 18.4. The molecule has 1 rings (SSSR count). The topological polar surface area (TPSA) is 41.6 Å². The van der Waals surface area contributed by atoms with Crippen LogP contribution in [0, 0.1) is 5.92 Å². The maximum Gasteiger partial charge on any atom is 0.326 e. The highest BCUT2D eigenvalue weighted by molar-refractivity contribution is 5.80. The summed E-state index contributed by atoms with van der Waals surface area (Å²) in [5.74, 6) is 0.736. The van der Waals surface area contributed by atoms with Crippen LogP contribution < -0.4 is 5.32 Å². The number of nitrogens with one attached hydrogen (secondary N) is 1. The van der Waals surface area contributed by atoms with Crippen LogP contribution in [0.3, 0.4) is 0 Å². The molecule has 0 spiro atoms. The molecule has 0 aromatic carbocycles. The molecule has 0 bridgehead atoms. The predicted molar refractivity (Wildman–Crippen MR) is 87.4 cm³/mol. The van der Waals surface area contributed by atoms with Crippen molar-refractivity contribution in [1.82, 2.24) is 10.2 Å². The normalized spacial score (nSPS) is 26.3. The van der Waals surface area contributed by atoms with Gasteiger partial charge in [0, 0.05) is 6.04 Å². The molecule has 0 aliphatic carbocycles. The van der Waals surface area contributed by atoms with Gasteiger partial charge in [0.05, 0.1) is 6.61 Å². The van der Waals surface area contributed by atoms with Crippen LogP contribution in [0.2, 0.25) is 0 Å². The van der Waals surface area contributed by atoms with Crippen molar-refractivity contribution < 1.29 is 9.53 Å². The average molecular weight is 298 g/mol. The Morgan fingerprint density at radius 3 is 2.67 bits per heavy atom.